The highest BCUT2D eigenvalue weighted by molar-refractivity contribution is 7.89. The first-order valence-corrected chi connectivity index (χ1v) is 12.1. The smallest absolute Gasteiger partial charge is 0.240 e. The highest BCUT2D eigenvalue weighted by Crippen LogP contribution is 2.33. The van der Waals surface area contributed by atoms with E-state index in [1.807, 2.05) is 54.7 Å². The minimum absolute atomic E-state index is 0.150. The standard InChI is InChI=1S/C25H24N2O4S/c28-32(29,19-11-12-24-25(15-19)31-14-6-13-30-24)27-17-21(18-7-2-1-3-8-18)22-16-26-23-10-5-4-9-20(22)23/h1-5,7-12,15-16,21,26-27H,6,13-14,17H2. The lowest BCUT2D eigenvalue weighted by Gasteiger charge is -2.18. The maximum Gasteiger partial charge on any atom is 0.240 e. The molecule has 0 fully saturated rings. The van der Waals surface area contributed by atoms with E-state index < -0.39 is 10.0 Å². The van der Waals surface area contributed by atoms with Crippen molar-refractivity contribution in [2.75, 3.05) is 19.8 Å². The second-order valence-electron chi connectivity index (χ2n) is 7.76. The fourth-order valence-corrected chi connectivity index (χ4v) is 5.12. The molecule has 0 spiro atoms. The number of fused-ring (bicyclic) bond motifs is 2. The van der Waals surface area contributed by atoms with E-state index in [0.717, 1.165) is 28.5 Å². The Kier molecular flexibility index (Phi) is 5.59. The van der Waals surface area contributed by atoms with E-state index in [1.165, 1.54) is 6.07 Å². The van der Waals surface area contributed by atoms with Crippen LogP contribution in [-0.4, -0.2) is 33.2 Å². The lowest BCUT2D eigenvalue weighted by molar-refractivity contribution is 0.297. The molecule has 164 valence electrons. The van der Waals surface area contributed by atoms with Gasteiger partial charge in [-0.15, -0.1) is 0 Å². The van der Waals surface area contributed by atoms with E-state index in [0.29, 0.717) is 24.7 Å². The van der Waals surface area contributed by atoms with Crippen LogP contribution in [0.3, 0.4) is 0 Å². The summed E-state index contributed by atoms with van der Waals surface area (Å²) in [6, 6.07) is 22.7. The molecular weight excluding hydrogens is 424 g/mol. The highest BCUT2D eigenvalue weighted by Gasteiger charge is 2.23. The highest BCUT2D eigenvalue weighted by atomic mass is 32.2. The quantitative estimate of drug-likeness (QED) is 0.457. The van der Waals surface area contributed by atoms with Crippen LogP contribution in [0.15, 0.2) is 83.9 Å². The van der Waals surface area contributed by atoms with Crippen LogP contribution in [0.5, 0.6) is 11.5 Å². The summed E-state index contributed by atoms with van der Waals surface area (Å²) in [5.74, 6) is 0.881. The number of H-pyrrole nitrogens is 1. The van der Waals surface area contributed by atoms with Crippen LogP contribution in [0, 0.1) is 0 Å². The van der Waals surface area contributed by atoms with Crippen LogP contribution in [0.1, 0.15) is 23.5 Å². The normalized spacial score (nSPS) is 14.8. The van der Waals surface area contributed by atoms with Crippen molar-refractivity contribution in [1.82, 2.24) is 9.71 Å². The molecule has 0 saturated heterocycles. The number of hydrogen-bond acceptors (Lipinski definition) is 4. The minimum Gasteiger partial charge on any atom is -0.490 e. The fourth-order valence-electron chi connectivity index (χ4n) is 4.06. The van der Waals surface area contributed by atoms with Crippen molar-refractivity contribution in [3.63, 3.8) is 0 Å². The zero-order valence-electron chi connectivity index (χ0n) is 17.5. The molecule has 7 heteroatoms. The van der Waals surface area contributed by atoms with Crippen molar-refractivity contribution in [1.29, 1.82) is 0 Å². The molecule has 0 radical (unpaired) electrons. The van der Waals surface area contributed by atoms with Crippen LogP contribution in [0.4, 0.5) is 0 Å². The summed E-state index contributed by atoms with van der Waals surface area (Å²) in [6.45, 7) is 1.28. The second-order valence-corrected chi connectivity index (χ2v) is 9.53. The Bertz CT molecular complexity index is 1330. The maximum atomic E-state index is 13.2. The molecule has 1 atom stereocenters. The molecule has 1 aliphatic heterocycles. The minimum atomic E-state index is -3.75. The van der Waals surface area contributed by atoms with Gasteiger partial charge in [-0.25, -0.2) is 13.1 Å². The zero-order chi connectivity index (χ0) is 22.0. The van der Waals surface area contributed by atoms with Gasteiger partial charge in [-0.3, -0.25) is 0 Å². The Morgan fingerprint density at radius 1 is 0.906 bits per heavy atom. The number of aromatic amines is 1. The lowest BCUT2D eigenvalue weighted by Crippen LogP contribution is -2.29. The third-order valence-corrected chi connectivity index (χ3v) is 7.13. The third kappa shape index (κ3) is 4.09. The van der Waals surface area contributed by atoms with Gasteiger partial charge in [0.15, 0.2) is 11.5 Å². The molecule has 0 aliphatic carbocycles. The fraction of sp³-hybridized carbons (Fsp3) is 0.200. The average molecular weight is 449 g/mol. The Morgan fingerprint density at radius 2 is 1.66 bits per heavy atom. The second kappa shape index (κ2) is 8.68. The topological polar surface area (TPSA) is 80.4 Å². The molecule has 0 bridgehead atoms. The molecule has 2 heterocycles. The van der Waals surface area contributed by atoms with Crippen molar-refractivity contribution < 1.29 is 17.9 Å². The number of para-hydroxylation sites is 1. The van der Waals surface area contributed by atoms with E-state index in [4.69, 9.17) is 9.47 Å². The third-order valence-electron chi connectivity index (χ3n) is 5.71. The van der Waals surface area contributed by atoms with Gasteiger partial charge in [0, 0.05) is 42.0 Å². The van der Waals surface area contributed by atoms with Gasteiger partial charge in [0.2, 0.25) is 10.0 Å². The van der Waals surface area contributed by atoms with E-state index in [1.54, 1.807) is 12.1 Å². The predicted molar refractivity (Wildman–Crippen MR) is 124 cm³/mol. The molecule has 1 aromatic heterocycles. The van der Waals surface area contributed by atoms with Gasteiger partial charge in [-0.05, 0) is 29.3 Å². The van der Waals surface area contributed by atoms with Crippen molar-refractivity contribution in [3.8, 4) is 11.5 Å². The first-order valence-electron chi connectivity index (χ1n) is 10.6. The summed E-state index contributed by atoms with van der Waals surface area (Å²) in [4.78, 5) is 3.46. The molecular formula is C25H24N2O4S. The van der Waals surface area contributed by atoms with Gasteiger partial charge < -0.3 is 14.5 Å². The molecule has 0 amide bonds. The van der Waals surface area contributed by atoms with Crippen molar-refractivity contribution in [3.05, 3.63) is 90.1 Å². The maximum absolute atomic E-state index is 13.2. The molecule has 32 heavy (non-hydrogen) atoms. The number of sulfonamides is 1. The summed E-state index contributed by atoms with van der Waals surface area (Å²) < 4.78 is 40.4. The number of nitrogens with one attached hydrogen (secondary N) is 2. The molecule has 4 aromatic rings. The van der Waals surface area contributed by atoms with E-state index in [2.05, 4.69) is 15.8 Å². The van der Waals surface area contributed by atoms with E-state index in [9.17, 15) is 8.42 Å². The van der Waals surface area contributed by atoms with Crippen LogP contribution in [0.2, 0.25) is 0 Å². The summed E-state index contributed by atoms with van der Waals surface area (Å²) in [7, 11) is -3.75. The molecule has 1 unspecified atom stereocenters. The molecule has 2 N–H and O–H groups in total. The van der Waals surface area contributed by atoms with Gasteiger partial charge >= 0.3 is 0 Å². The van der Waals surface area contributed by atoms with Gasteiger partial charge in [-0.1, -0.05) is 48.5 Å². The van der Waals surface area contributed by atoms with Gasteiger partial charge in [-0.2, -0.15) is 0 Å². The first-order chi connectivity index (χ1) is 15.6. The predicted octanol–water partition coefficient (Wildman–Crippen LogP) is 4.44. The van der Waals surface area contributed by atoms with Crippen molar-refractivity contribution >= 4 is 20.9 Å². The Balaban J connectivity index is 1.45. The Labute approximate surface area is 187 Å². The number of aromatic nitrogens is 1. The zero-order valence-corrected chi connectivity index (χ0v) is 18.3. The van der Waals surface area contributed by atoms with Crippen LogP contribution in [0.25, 0.3) is 10.9 Å². The summed E-state index contributed by atoms with van der Waals surface area (Å²) >= 11 is 0. The van der Waals surface area contributed by atoms with E-state index in [-0.39, 0.29) is 17.4 Å². The molecule has 0 saturated carbocycles. The van der Waals surface area contributed by atoms with E-state index >= 15 is 0 Å². The number of benzene rings is 3. The Hall–Kier alpha value is -3.29. The summed E-state index contributed by atoms with van der Waals surface area (Å²) in [5, 5.41) is 1.08. The number of hydrogen-bond donors (Lipinski definition) is 2. The molecule has 5 rings (SSSR count). The van der Waals surface area contributed by atoms with Crippen molar-refractivity contribution in [2.45, 2.75) is 17.2 Å². The molecule has 1 aliphatic rings. The van der Waals surface area contributed by atoms with Gasteiger partial charge in [0.25, 0.3) is 0 Å². The average Bonchev–Trinajstić information content (AvgIpc) is 3.09. The first kappa shape index (κ1) is 20.6. The monoisotopic (exact) mass is 448 g/mol. The summed E-state index contributed by atoms with van der Waals surface area (Å²) in [6.07, 6.45) is 2.72. The molecule has 3 aromatic carbocycles. The van der Waals surface area contributed by atoms with Crippen LogP contribution in [-0.2, 0) is 10.0 Å². The number of ether oxygens (including phenoxy) is 2. The summed E-state index contributed by atoms with van der Waals surface area (Å²) in [5.41, 5.74) is 3.11. The van der Waals surface area contributed by atoms with Gasteiger partial charge in [0.05, 0.1) is 18.1 Å². The lowest BCUT2D eigenvalue weighted by atomic mass is 9.91. The number of rotatable bonds is 6. The van der Waals surface area contributed by atoms with Crippen LogP contribution >= 0.6 is 0 Å². The Morgan fingerprint density at radius 3 is 2.50 bits per heavy atom. The largest absolute Gasteiger partial charge is 0.490 e. The van der Waals surface area contributed by atoms with Crippen LogP contribution < -0.4 is 14.2 Å². The van der Waals surface area contributed by atoms with Crippen molar-refractivity contribution in [2.24, 2.45) is 0 Å². The molecule has 6 nitrogen and oxygen atoms in total. The SMILES string of the molecule is O=S(=O)(NCC(c1ccccc1)c1c[nH]c2ccccc12)c1ccc2c(c1)OCCCO2. The van der Waals surface area contributed by atoms with Gasteiger partial charge in [0.1, 0.15) is 0 Å².